The highest BCUT2D eigenvalue weighted by molar-refractivity contribution is 8.01. The average Bonchev–Trinajstić information content (AvgIpc) is 2.89. The second-order valence-electron chi connectivity index (χ2n) is 6.35. The lowest BCUT2D eigenvalue weighted by Gasteiger charge is -2.31. The van der Waals surface area contributed by atoms with E-state index in [4.69, 9.17) is 0 Å². The maximum atomic E-state index is 12.7. The fourth-order valence-electron chi connectivity index (χ4n) is 3.04. The van der Waals surface area contributed by atoms with E-state index in [1.54, 1.807) is 11.8 Å². The van der Waals surface area contributed by atoms with Crippen LogP contribution >= 0.6 is 24.2 Å². The van der Waals surface area contributed by atoms with Crippen molar-refractivity contribution >= 4 is 30.1 Å². The molecular weight excluding hydrogens is 316 g/mol. The van der Waals surface area contributed by atoms with Crippen molar-refractivity contribution in [1.29, 1.82) is 0 Å². The van der Waals surface area contributed by atoms with Crippen LogP contribution in [0, 0.1) is 12.8 Å². The number of aryl methyl sites for hydroxylation is 1. The zero-order chi connectivity index (χ0) is 14.7. The third kappa shape index (κ3) is 3.98. The molecule has 1 aromatic rings. The summed E-state index contributed by atoms with van der Waals surface area (Å²) >= 11 is 1.77. The molecule has 2 fully saturated rings. The fourth-order valence-corrected chi connectivity index (χ4v) is 4.43. The molecule has 2 N–H and O–H groups in total. The van der Waals surface area contributed by atoms with Crippen LogP contribution in [0.5, 0.6) is 0 Å². The molecule has 3 rings (SSSR count). The van der Waals surface area contributed by atoms with E-state index < -0.39 is 0 Å². The highest BCUT2D eigenvalue weighted by atomic mass is 35.5. The molecule has 0 unspecified atom stereocenters. The number of nitrogens with one attached hydrogen (secondary N) is 2. The van der Waals surface area contributed by atoms with Gasteiger partial charge < -0.3 is 10.6 Å². The molecule has 0 spiro atoms. The number of rotatable bonds is 5. The van der Waals surface area contributed by atoms with Gasteiger partial charge in [0.25, 0.3) is 0 Å². The molecule has 2 aliphatic rings. The van der Waals surface area contributed by atoms with E-state index in [-0.39, 0.29) is 23.1 Å². The monoisotopic (exact) mass is 340 g/mol. The Bertz CT molecular complexity index is 496. The molecule has 0 radical (unpaired) electrons. The van der Waals surface area contributed by atoms with Gasteiger partial charge in [0.1, 0.15) is 0 Å². The van der Waals surface area contributed by atoms with E-state index in [1.807, 2.05) is 0 Å². The van der Waals surface area contributed by atoms with Gasteiger partial charge in [-0.15, -0.1) is 24.2 Å². The first-order valence-corrected chi connectivity index (χ1v) is 8.74. The molecule has 1 amide bonds. The molecule has 1 aliphatic carbocycles. The lowest BCUT2D eigenvalue weighted by Crippen LogP contribution is -2.51. The maximum absolute atomic E-state index is 12.7. The van der Waals surface area contributed by atoms with Gasteiger partial charge in [0.15, 0.2) is 0 Å². The van der Waals surface area contributed by atoms with Crippen molar-refractivity contribution in [3.63, 3.8) is 0 Å². The lowest BCUT2D eigenvalue weighted by molar-refractivity contribution is -0.123. The maximum Gasteiger partial charge on any atom is 0.236 e. The van der Waals surface area contributed by atoms with E-state index in [1.165, 1.54) is 10.5 Å². The van der Waals surface area contributed by atoms with Gasteiger partial charge >= 0.3 is 0 Å². The number of thioether (sulfide) groups is 1. The summed E-state index contributed by atoms with van der Waals surface area (Å²) in [6.45, 7) is 5.00. The average molecular weight is 341 g/mol. The number of benzene rings is 1. The minimum absolute atomic E-state index is 0. The summed E-state index contributed by atoms with van der Waals surface area (Å²) in [6, 6.07) is 8.54. The summed E-state index contributed by atoms with van der Waals surface area (Å²) in [4.78, 5) is 13.9. The minimum Gasteiger partial charge on any atom is -0.355 e. The van der Waals surface area contributed by atoms with Crippen LogP contribution in [0.3, 0.4) is 0 Å². The van der Waals surface area contributed by atoms with Crippen LogP contribution < -0.4 is 10.6 Å². The van der Waals surface area contributed by atoms with Gasteiger partial charge in [0.2, 0.25) is 5.91 Å². The van der Waals surface area contributed by atoms with Gasteiger partial charge in [0, 0.05) is 30.4 Å². The lowest BCUT2D eigenvalue weighted by atomic mass is 10.0. The largest absolute Gasteiger partial charge is 0.355 e. The number of carbonyl (C=O) groups is 1. The topological polar surface area (TPSA) is 41.1 Å². The van der Waals surface area contributed by atoms with Crippen molar-refractivity contribution in [2.75, 3.05) is 19.6 Å². The van der Waals surface area contributed by atoms with Crippen molar-refractivity contribution in [1.82, 2.24) is 10.6 Å². The molecule has 1 saturated carbocycles. The highest BCUT2D eigenvalue weighted by Gasteiger charge is 2.42. The zero-order valence-electron chi connectivity index (χ0n) is 13.1. The normalized spacial score (nSPS) is 20.0. The highest BCUT2D eigenvalue weighted by Crippen LogP contribution is 2.45. The van der Waals surface area contributed by atoms with Crippen LogP contribution in [0.1, 0.15) is 31.2 Å². The molecule has 3 nitrogen and oxygen atoms in total. The summed E-state index contributed by atoms with van der Waals surface area (Å²) in [6.07, 6.45) is 4.33. The van der Waals surface area contributed by atoms with Gasteiger partial charge in [-0.25, -0.2) is 0 Å². The summed E-state index contributed by atoms with van der Waals surface area (Å²) in [5.74, 6) is 0.870. The second-order valence-corrected chi connectivity index (χ2v) is 7.81. The molecule has 122 valence electrons. The number of hydrogen-bond acceptors (Lipinski definition) is 3. The van der Waals surface area contributed by atoms with E-state index in [9.17, 15) is 4.79 Å². The van der Waals surface area contributed by atoms with Crippen LogP contribution in [0.15, 0.2) is 29.2 Å². The SMILES string of the molecule is Cc1ccc(SC2(C(=O)NCC3CNC3)CCCC2)cc1.Cl. The number of halogens is 1. The van der Waals surface area contributed by atoms with Crippen molar-refractivity contribution in [3.05, 3.63) is 29.8 Å². The Morgan fingerprint density at radius 2 is 1.91 bits per heavy atom. The molecular formula is C17H25ClN2OS. The molecule has 5 heteroatoms. The third-order valence-corrected chi connectivity index (χ3v) is 6.07. The van der Waals surface area contributed by atoms with E-state index >= 15 is 0 Å². The summed E-state index contributed by atoms with van der Waals surface area (Å²) in [5, 5.41) is 6.45. The fraction of sp³-hybridized carbons (Fsp3) is 0.588. The van der Waals surface area contributed by atoms with Crippen LogP contribution in [0.2, 0.25) is 0 Å². The second kappa shape index (κ2) is 7.71. The van der Waals surface area contributed by atoms with E-state index in [0.717, 1.165) is 45.3 Å². The van der Waals surface area contributed by atoms with E-state index in [2.05, 4.69) is 41.8 Å². The van der Waals surface area contributed by atoms with Crippen LogP contribution in [0.25, 0.3) is 0 Å². The van der Waals surface area contributed by atoms with Gasteiger partial charge in [-0.05, 0) is 31.9 Å². The molecule has 0 aromatic heterocycles. The molecule has 1 aromatic carbocycles. The van der Waals surface area contributed by atoms with Gasteiger partial charge in [-0.1, -0.05) is 30.5 Å². The first kappa shape index (κ1) is 17.6. The van der Waals surface area contributed by atoms with Crippen molar-refractivity contribution < 1.29 is 4.79 Å². The van der Waals surface area contributed by atoms with Crippen molar-refractivity contribution in [3.8, 4) is 0 Å². The Morgan fingerprint density at radius 3 is 2.45 bits per heavy atom. The van der Waals surface area contributed by atoms with Crippen molar-refractivity contribution in [2.45, 2.75) is 42.2 Å². The summed E-state index contributed by atoms with van der Waals surface area (Å²) < 4.78 is -0.244. The van der Waals surface area contributed by atoms with Crippen LogP contribution in [-0.4, -0.2) is 30.3 Å². The predicted octanol–water partition coefficient (Wildman–Crippen LogP) is 3.16. The Balaban J connectivity index is 0.00000176. The van der Waals surface area contributed by atoms with Crippen LogP contribution in [-0.2, 0) is 4.79 Å². The van der Waals surface area contributed by atoms with E-state index in [0.29, 0.717) is 5.92 Å². The summed E-state index contributed by atoms with van der Waals surface area (Å²) in [5.41, 5.74) is 1.27. The minimum atomic E-state index is -0.244. The zero-order valence-corrected chi connectivity index (χ0v) is 14.7. The molecule has 22 heavy (non-hydrogen) atoms. The number of carbonyl (C=O) groups excluding carboxylic acids is 1. The molecule has 1 aliphatic heterocycles. The Hall–Kier alpha value is -0.710. The van der Waals surface area contributed by atoms with Gasteiger partial charge in [-0.2, -0.15) is 0 Å². The molecule has 0 bridgehead atoms. The Morgan fingerprint density at radius 1 is 1.27 bits per heavy atom. The van der Waals surface area contributed by atoms with Crippen molar-refractivity contribution in [2.24, 2.45) is 5.92 Å². The summed E-state index contributed by atoms with van der Waals surface area (Å²) in [7, 11) is 0. The first-order chi connectivity index (χ1) is 10.2. The predicted molar refractivity (Wildman–Crippen MR) is 94.9 cm³/mol. The quantitative estimate of drug-likeness (QED) is 0.865. The molecule has 0 atom stereocenters. The standard InChI is InChI=1S/C17H24N2OS.ClH/c1-13-4-6-15(7-5-13)21-17(8-2-3-9-17)16(20)19-12-14-10-18-11-14;/h4-7,14,18H,2-3,8-12H2,1H3,(H,19,20);1H. The van der Waals surface area contributed by atoms with Gasteiger partial charge in [-0.3, -0.25) is 4.79 Å². The first-order valence-electron chi connectivity index (χ1n) is 7.93. The molecule has 1 heterocycles. The van der Waals surface area contributed by atoms with Crippen LogP contribution in [0.4, 0.5) is 0 Å². The van der Waals surface area contributed by atoms with Gasteiger partial charge in [0.05, 0.1) is 4.75 Å². The number of amides is 1. The Labute approximate surface area is 143 Å². The smallest absolute Gasteiger partial charge is 0.236 e. The third-order valence-electron chi connectivity index (χ3n) is 4.58. The number of hydrogen-bond donors (Lipinski definition) is 2. The molecule has 1 saturated heterocycles. The Kier molecular flexibility index (Phi) is 6.18.